The van der Waals surface area contributed by atoms with Gasteiger partial charge in [0.05, 0.1) is 41.0 Å². The highest BCUT2D eigenvalue weighted by Gasteiger charge is 2.46. The van der Waals surface area contributed by atoms with E-state index in [4.69, 9.17) is 21.7 Å². The number of aryl methyl sites for hydroxylation is 1. The van der Waals surface area contributed by atoms with Crippen LogP contribution in [0.1, 0.15) is 30.5 Å². The molecule has 9 heteroatoms. The van der Waals surface area contributed by atoms with Gasteiger partial charge in [0.1, 0.15) is 9.81 Å². The zero-order valence-electron chi connectivity index (χ0n) is 22.7. The number of thioether (sulfide) groups is 2. The molecule has 2 aliphatic rings. The zero-order chi connectivity index (χ0) is 28.8. The summed E-state index contributed by atoms with van der Waals surface area (Å²) in [6.07, 6.45) is 0.205. The molecule has 1 amide bonds. The standard InChI is InChI=1S/C31H27NO5S3/c1-17-13-14-21-22(15-17)32(23(33)16-19-11-8-10-18-9-6-7-12-20(18)19)31(2,3)27(38)24(21)30-39-25(28(34)36-4)26(40-30)29(35)37-5/h6-15H,16H2,1-5H3. The molecule has 0 N–H and O–H groups in total. The minimum Gasteiger partial charge on any atom is -0.465 e. The highest BCUT2D eigenvalue weighted by molar-refractivity contribution is 8.29. The number of hydrogen-bond donors (Lipinski definition) is 0. The molecule has 2 aliphatic heterocycles. The van der Waals surface area contributed by atoms with Crippen LogP contribution < -0.4 is 4.90 Å². The van der Waals surface area contributed by atoms with Crippen molar-refractivity contribution < 1.29 is 23.9 Å². The maximum absolute atomic E-state index is 14.1. The van der Waals surface area contributed by atoms with Crippen LogP contribution in [-0.4, -0.2) is 42.5 Å². The average molecular weight is 590 g/mol. The number of nitrogens with zero attached hydrogens (tertiary/aromatic N) is 1. The van der Waals surface area contributed by atoms with Crippen molar-refractivity contribution in [1.29, 1.82) is 0 Å². The summed E-state index contributed by atoms with van der Waals surface area (Å²) in [5, 5.41) is 2.12. The number of carbonyl (C=O) groups excluding carboxylic acids is 3. The van der Waals surface area contributed by atoms with Crippen LogP contribution >= 0.6 is 35.7 Å². The van der Waals surface area contributed by atoms with Gasteiger partial charge in [0.25, 0.3) is 0 Å². The first-order valence-electron chi connectivity index (χ1n) is 12.5. The van der Waals surface area contributed by atoms with Gasteiger partial charge in [-0.3, -0.25) is 4.79 Å². The Hall–Kier alpha value is -3.40. The molecule has 0 saturated carbocycles. The molecule has 0 aliphatic carbocycles. The largest absolute Gasteiger partial charge is 0.465 e. The molecule has 0 unspecified atom stereocenters. The van der Waals surface area contributed by atoms with E-state index >= 15 is 0 Å². The Bertz CT molecular complexity index is 1640. The summed E-state index contributed by atoms with van der Waals surface area (Å²) in [7, 11) is 2.54. The molecular formula is C31H27NO5S3. The molecule has 0 aromatic heterocycles. The Balaban J connectivity index is 1.62. The highest BCUT2D eigenvalue weighted by atomic mass is 32.2. The molecule has 40 heavy (non-hydrogen) atoms. The summed E-state index contributed by atoms with van der Waals surface area (Å²) in [5.74, 6) is -1.31. The summed E-state index contributed by atoms with van der Waals surface area (Å²) < 4.78 is 10.5. The second kappa shape index (κ2) is 10.9. The van der Waals surface area contributed by atoms with Gasteiger partial charge in [-0.1, -0.05) is 90.3 Å². The van der Waals surface area contributed by atoms with E-state index in [9.17, 15) is 14.4 Å². The third-order valence-corrected chi connectivity index (χ3v) is 10.3. The summed E-state index contributed by atoms with van der Waals surface area (Å²) in [4.78, 5) is 41.9. The number of methoxy groups -OCH3 is 2. The maximum atomic E-state index is 14.1. The van der Waals surface area contributed by atoms with Crippen LogP contribution in [0.25, 0.3) is 16.3 Å². The molecule has 0 atom stereocenters. The lowest BCUT2D eigenvalue weighted by atomic mass is 9.82. The van der Waals surface area contributed by atoms with E-state index in [1.165, 1.54) is 14.2 Å². The van der Waals surface area contributed by atoms with Crippen molar-refractivity contribution in [3.05, 3.63) is 91.4 Å². The highest BCUT2D eigenvalue weighted by Crippen LogP contribution is 2.56. The van der Waals surface area contributed by atoms with Gasteiger partial charge in [0.15, 0.2) is 0 Å². The Labute approximate surface area is 246 Å². The molecule has 3 aromatic rings. The van der Waals surface area contributed by atoms with Gasteiger partial charge in [-0.05, 0) is 48.7 Å². The van der Waals surface area contributed by atoms with Crippen molar-refractivity contribution >= 4 is 80.5 Å². The summed E-state index contributed by atoms with van der Waals surface area (Å²) >= 11 is 8.37. The fourth-order valence-electron chi connectivity index (χ4n) is 5.06. The summed E-state index contributed by atoms with van der Waals surface area (Å²) in [5.41, 5.74) is 3.29. The van der Waals surface area contributed by atoms with Gasteiger partial charge < -0.3 is 14.4 Å². The summed E-state index contributed by atoms with van der Waals surface area (Å²) in [6.45, 7) is 5.84. The van der Waals surface area contributed by atoms with Crippen LogP contribution in [0.2, 0.25) is 0 Å². The molecule has 0 saturated heterocycles. The number of rotatable bonds is 4. The number of amides is 1. The Kier molecular flexibility index (Phi) is 7.65. The molecule has 6 nitrogen and oxygen atoms in total. The number of esters is 2. The maximum Gasteiger partial charge on any atom is 0.346 e. The number of hydrogen-bond acceptors (Lipinski definition) is 8. The summed E-state index contributed by atoms with van der Waals surface area (Å²) in [6, 6.07) is 19.9. The predicted octanol–water partition coefficient (Wildman–Crippen LogP) is 6.59. The molecule has 2 heterocycles. The predicted molar refractivity (Wildman–Crippen MR) is 166 cm³/mol. The van der Waals surface area contributed by atoms with Crippen LogP contribution in [0, 0.1) is 6.92 Å². The van der Waals surface area contributed by atoms with Crippen molar-refractivity contribution in [2.24, 2.45) is 0 Å². The van der Waals surface area contributed by atoms with Crippen LogP contribution in [-0.2, 0) is 30.3 Å². The molecular weight excluding hydrogens is 563 g/mol. The molecule has 204 valence electrons. The zero-order valence-corrected chi connectivity index (χ0v) is 25.1. The van der Waals surface area contributed by atoms with E-state index in [1.54, 1.807) is 4.90 Å². The second-order valence-corrected chi connectivity index (χ2v) is 12.7. The lowest BCUT2D eigenvalue weighted by Crippen LogP contribution is -2.56. The van der Waals surface area contributed by atoms with E-state index in [2.05, 4.69) is 0 Å². The van der Waals surface area contributed by atoms with E-state index in [-0.39, 0.29) is 22.1 Å². The average Bonchev–Trinajstić information content (AvgIpc) is 3.38. The Morgan fingerprint density at radius 2 is 1.52 bits per heavy atom. The van der Waals surface area contributed by atoms with Gasteiger partial charge in [-0.25, -0.2) is 9.59 Å². The fourth-order valence-corrected chi connectivity index (χ4v) is 8.09. The number of anilines is 1. The first-order chi connectivity index (χ1) is 19.1. The van der Waals surface area contributed by atoms with Crippen LogP contribution in [0.4, 0.5) is 5.69 Å². The van der Waals surface area contributed by atoms with Crippen LogP contribution in [0.15, 0.2) is 74.7 Å². The number of carbonyl (C=O) groups is 3. The topological polar surface area (TPSA) is 72.9 Å². The van der Waals surface area contributed by atoms with Crippen LogP contribution in [0.5, 0.6) is 0 Å². The number of ether oxygens (including phenoxy) is 2. The van der Waals surface area contributed by atoms with Crippen LogP contribution in [0.3, 0.4) is 0 Å². The first-order valence-corrected chi connectivity index (χ1v) is 14.6. The van der Waals surface area contributed by atoms with Gasteiger partial charge in [-0.2, -0.15) is 0 Å². The molecule has 5 rings (SSSR count). The van der Waals surface area contributed by atoms with E-state index < -0.39 is 17.5 Å². The quantitative estimate of drug-likeness (QED) is 0.192. The molecule has 0 spiro atoms. The van der Waals surface area contributed by atoms with Gasteiger partial charge in [0.2, 0.25) is 5.91 Å². The van der Waals surface area contributed by atoms with Gasteiger partial charge in [-0.15, -0.1) is 0 Å². The monoisotopic (exact) mass is 589 g/mol. The number of fused-ring (bicyclic) bond motifs is 2. The van der Waals surface area contributed by atoms with Crippen molar-refractivity contribution in [1.82, 2.24) is 0 Å². The minimum atomic E-state index is -0.874. The lowest BCUT2D eigenvalue weighted by molar-refractivity contribution is -0.138. The number of thiocarbonyl (C=S) groups is 1. The Morgan fingerprint density at radius 3 is 2.17 bits per heavy atom. The molecule has 3 aromatic carbocycles. The van der Waals surface area contributed by atoms with E-state index in [0.717, 1.165) is 62.2 Å². The van der Waals surface area contributed by atoms with E-state index in [1.807, 2.05) is 81.4 Å². The van der Waals surface area contributed by atoms with Gasteiger partial charge in [0, 0.05) is 11.1 Å². The SMILES string of the molecule is COC(=O)C1=C(C(=O)OC)SC(=C2C(=S)C(C)(C)N(C(=O)Cc3cccc4ccccc34)c3cc(C)ccc32)S1. The normalized spacial score (nSPS) is 16.3. The fraction of sp³-hybridized carbons (Fsp3) is 0.226. The molecule has 0 bridgehead atoms. The van der Waals surface area contributed by atoms with Crippen molar-refractivity contribution in [3.63, 3.8) is 0 Å². The molecule has 0 fully saturated rings. The van der Waals surface area contributed by atoms with Crippen molar-refractivity contribution in [2.45, 2.75) is 32.7 Å². The molecule has 0 radical (unpaired) electrons. The Morgan fingerprint density at radius 1 is 0.900 bits per heavy atom. The van der Waals surface area contributed by atoms with E-state index in [0.29, 0.717) is 9.10 Å². The van der Waals surface area contributed by atoms with Crippen molar-refractivity contribution in [2.75, 3.05) is 19.1 Å². The minimum absolute atomic E-state index is 0.0741. The smallest absolute Gasteiger partial charge is 0.346 e. The first kappa shape index (κ1) is 28.1. The van der Waals surface area contributed by atoms with Gasteiger partial charge >= 0.3 is 11.9 Å². The number of benzene rings is 3. The third kappa shape index (κ3) is 4.76. The lowest BCUT2D eigenvalue weighted by Gasteiger charge is -2.45. The second-order valence-electron chi connectivity index (χ2n) is 9.96. The third-order valence-electron chi connectivity index (χ3n) is 7.02. The van der Waals surface area contributed by atoms with Crippen molar-refractivity contribution in [3.8, 4) is 0 Å².